The SMILES string of the molecule is Cc1c(Cc2ccc(S(N)(=O)=O)c(F)c2)c(-c2ccc(F)cc2)nn1-c1nc(C(=O)O)cs1. The molecule has 33 heavy (non-hydrogen) atoms. The molecule has 4 aromatic rings. The fourth-order valence-electron chi connectivity index (χ4n) is 3.32. The van der Waals surface area contributed by atoms with Crippen LogP contribution < -0.4 is 5.14 Å². The maximum atomic E-state index is 14.4. The minimum Gasteiger partial charge on any atom is -0.476 e. The van der Waals surface area contributed by atoms with E-state index in [1.807, 2.05) is 0 Å². The van der Waals surface area contributed by atoms with E-state index >= 15 is 0 Å². The summed E-state index contributed by atoms with van der Waals surface area (Å²) in [5, 5.41) is 20.5. The molecule has 170 valence electrons. The molecule has 12 heteroatoms. The lowest BCUT2D eigenvalue weighted by molar-refractivity contribution is 0.0691. The second-order valence-corrected chi connectivity index (χ2v) is 9.50. The van der Waals surface area contributed by atoms with Crippen LogP contribution in [0.2, 0.25) is 0 Å². The number of hydrogen-bond acceptors (Lipinski definition) is 6. The predicted molar refractivity (Wildman–Crippen MR) is 117 cm³/mol. The molecular weight excluding hydrogens is 474 g/mol. The maximum absolute atomic E-state index is 14.4. The third-order valence-electron chi connectivity index (χ3n) is 4.93. The zero-order chi connectivity index (χ0) is 23.9. The van der Waals surface area contributed by atoms with Crippen molar-refractivity contribution >= 4 is 27.3 Å². The molecule has 0 saturated heterocycles. The molecule has 0 spiro atoms. The van der Waals surface area contributed by atoms with Crippen molar-refractivity contribution in [3.05, 3.63) is 82.0 Å². The quantitative estimate of drug-likeness (QED) is 0.426. The van der Waals surface area contributed by atoms with Crippen molar-refractivity contribution in [2.45, 2.75) is 18.2 Å². The monoisotopic (exact) mass is 490 g/mol. The van der Waals surface area contributed by atoms with Gasteiger partial charge in [-0.3, -0.25) is 0 Å². The van der Waals surface area contributed by atoms with E-state index in [1.165, 1.54) is 28.3 Å². The summed E-state index contributed by atoms with van der Waals surface area (Å²) in [6.07, 6.45) is 0.164. The molecule has 0 aliphatic rings. The van der Waals surface area contributed by atoms with E-state index in [4.69, 9.17) is 5.14 Å². The normalized spacial score (nSPS) is 11.6. The van der Waals surface area contributed by atoms with Crippen LogP contribution in [0, 0.1) is 18.6 Å². The standard InChI is InChI=1S/C21H16F2N4O4S2/c1-11-15(8-12-2-7-18(16(23)9-12)33(24,30)31)19(13-3-5-14(22)6-4-13)26-27(11)21-25-17(10-32-21)20(28)29/h2-7,9-10H,8H2,1H3,(H,28,29)(H2,24,30,31). The van der Waals surface area contributed by atoms with Gasteiger partial charge >= 0.3 is 5.97 Å². The molecule has 0 aliphatic carbocycles. The van der Waals surface area contributed by atoms with Gasteiger partial charge in [-0.05, 0) is 48.9 Å². The van der Waals surface area contributed by atoms with Crippen molar-refractivity contribution in [3.8, 4) is 16.4 Å². The second-order valence-electron chi connectivity index (χ2n) is 7.14. The van der Waals surface area contributed by atoms with Crippen LogP contribution in [-0.2, 0) is 16.4 Å². The maximum Gasteiger partial charge on any atom is 0.355 e. The van der Waals surface area contributed by atoms with Gasteiger partial charge in [0.15, 0.2) is 5.69 Å². The lowest BCUT2D eigenvalue weighted by atomic mass is 9.99. The van der Waals surface area contributed by atoms with E-state index in [-0.39, 0.29) is 12.1 Å². The number of primary sulfonamides is 1. The van der Waals surface area contributed by atoms with Crippen LogP contribution in [0.25, 0.3) is 16.4 Å². The summed E-state index contributed by atoms with van der Waals surface area (Å²) in [7, 11) is -4.20. The highest BCUT2D eigenvalue weighted by atomic mass is 32.2. The van der Waals surface area contributed by atoms with E-state index in [9.17, 15) is 27.1 Å². The lowest BCUT2D eigenvalue weighted by Crippen LogP contribution is -2.14. The molecule has 3 N–H and O–H groups in total. The van der Waals surface area contributed by atoms with Crippen molar-refractivity contribution in [1.82, 2.24) is 14.8 Å². The highest BCUT2D eigenvalue weighted by Gasteiger charge is 2.22. The Morgan fingerprint density at radius 3 is 2.45 bits per heavy atom. The summed E-state index contributed by atoms with van der Waals surface area (Å²) in [6.45, 7) is 1.74. The molecule has 4 rings (SSSR count). The fraction of sp³-hybridized carbons (Fsp3) is 0.0952. The zero-order valence-corrected chi connectivity index (χ0v) is 18.6. The number of hydrogen-bond donors (Lipinski definition) is 2. The van der Waals surface area contributed by atoms with Gasteiger partial charge in [0.05, 0.1) is 5.69 Å². The van der Waals surface area contributed by atoms with Crippen LogP contribution >= 0.6 is 11.3 Å². The van der Waals surface area contributed by atoms with Crippen LogP contribution in [0.1, 0.15) is 27.3 Å². The summed E-state index contributed by atoms with van der Waals surface area (Å²) in [5.41, 5.74) is 2.64. The van der Waals surface area contributed by atoms with Gasteiger partial charge in [-0.15, -0.1) is 11.3 Å². The highest BCUT2D eigenvalue weighted by Crippen LogP contribution is 2.31. The van der Waals surface area contributed by atoms with E-state index in [2.05, 4.69) is 10.1 Å². The molecule has 2 aromatic heterocycles. The van der Waals surface area contributed by atoms with Crippen LogP contribution in [0.5, 0.6) is 0 Å². The number of benzene rings is 2. The number of carbonyl (C=O) groups is 1. The van der Waals surface area contributed by atoms with E-state index in [0.717, 1.165) is 23.5 Å². The average molecular weight is 491 g/mol. The predicted octanol–water partition coefficient (Wildman–Crippen LogP) is 3.52. The number of halogens is 2. The number of rotatable bonds is 6. The topological polar surface area (TPSA) is 128 Å². The van der Waals surface area contributed by atoms with E-state index in [0.29, 0.717) is 33.2 Å². The van der Waals surface area contributed by atoms with Crippen molar-refractivity contribution in [2.24, 2.45) is 5.14 Å². The number of nitrogens with zero attached hydrogens (tertiary/aromatic N) is 3. The van der Waals surface area contributed by atoms with Gasteiger partial charge in [0.2, 0.25) is 15.2 Å². The number of thiazole rings is 1. The van der Waals surface area contributed by atoms with Gasteiger partial charge < -0.3 is 5.11 Å². The average Bonchev–Trinajstić information content (AvgIpc) is 3.34. The first-order chi connectivity index (χ1) is 15.5. The molecule has 0 unspecified atom stereocenters. The van der Waals surface area contributed by atoms with Gasteiger partial charge in [0, 0.05) is 28.6 Å². The van der Waals surface area contributed by atoms with Crippen molar-refractivity contribution < 1.29 is 27.1 Å². The van der Waals surface area contributed by atoms with Crippen molar-refractivity contribution in [3.63, 3.8) is 0 Å². The molecular formula is C21H16F2N4O4S2. The molecule has 0 bridgehead atoms. The van der Waals surface area contributed by atoms with Crippen molar-refractivity contribution in [2.75, 3.05) is 0 Å². The molecule has 0 aliphatic heterocycles. The molecule has 0 fully saturated rings. The first kappa shape index (κ1) is 22.7. The first-order valence-electron chi connectivity index (χ1n) is 9.39. The number of sulfonamides is 1. The second kappa shape index (κ2) is 8.46. The van der Waals surface area contributed by atoms with Gasteiger partial charge in [0.25, 0.3) is 0 Å². The number of carboxylic acid groups (broad SMARTS) is 1. The minimum absolute atomic E-state index is 0.129. The molecule has 0 radical (unpaired) electrons. The Labute approximate surface area is 191 Å². The smallest absolute Gasteiger partial charge is 0.355 e. The van der Waals surface area contributed by atoms with Crippen molar-refractivity contribution in [1.29, 1.82) is 0 Å². The number of carboxylic acids is 1. The van der Waals surface area contributed by atoms with Crippen LogP contribution in [-0.4, -0.2) is 34.3 Å². The summed E-state index contributed by atoms with van der Waals surface area (Å²) in [6, 6.07) is 9.26. The van der Waals surface area contributed by atoms with Gasteiger partial charge in [-0.1, -0.05) is 6.07 Å². The summed E-state index contributed by atoms with van der Waals surface area (Å²) in [4.78, 5) is 14.7. The van der Waals surface area contributed by atoms with Gasteiger partial charge in [0.1, 0.15) is 16.5 Å². The molecule has 0 saturated carbocycles. The molecule has 2 aromatic carbocycles. The van der Waals surface area contributed by atoms with Crippen LogP contribution in [0.4, 0.5) is 8.78 Å². The zero-order valence-electron chi connectivity index (χ0n) is 17.0. The largest absolute Gasteiger partial charge is 0.476 e. The summed E-state index contributed by atoms with van der Waals surface area (Å²) in [5.74, 6) is -2.58. The van der Waals surface area contributed by atoms with Crippen LogP contribution in [0.3, 0.4) is 0 Å². The fourth-order valence-corrected chi connectivity index (χ4v) is 4.71. The molecule has 0 amide bonds. The Hall–Kier alpha value is -3.48. The Bertz CT molecular complexity index is 1480. The molecule has 0 atom stereocenters. The third kappa shape index (κ3) is 4.53. The number of aromatic nitrogens is 3. The van der Waals surface area contributed by atoms with Gasteiger partial charge in [-0.2, -0.15) is 5.10 Å². The lowest BCUT2D eigenvalue weighted by Gasteiger charge is -2.07. The van der Waals surface area contributed by atoms with E-state index < -0.39 is 32.5 Å². The number of nitrogens with two attached hydrogens (primary N) is 1. The minimum atomic E-state index is -4.20. The van der Waals surface area contributed by atoms with E-state index in [1.54, 1.807) is 19.1 Å². The summed E-state index contributed by atoms with van der Waals surface area (Å²) < 4.78 is 52.3. The Morgan fingerprint density at radius 1 is 1.18 bits per heavy atom. The van der Waals surface area contributed by atoms with Crippen LogP contribution in [0.15, 0.2) is 52.7 Å². The Kier molecular flexibility index (Phi) is 5.82. The third-order valence-corrected chi connectivity index (χ3v) is 6.69. The first-order valence-corrected chi connectivity index (χ1v) is 11.8. The Balaban J connectivity index is 1.83. The highest BCUT2D eigenvalue weighted by molar-refractivity contribution is 7.89. The molecule has 2 heterocycles. The molecule has 8 nitrogen and oxygen atoms in total. The van der Waals surface area contributed by atoms with Gasteiger partial charge in [-0.25, -0.2) is 36.8 Å². The Morgan fingerprint density at radius 2 is 1.88 bits per heavy atom. The summed E-state index contributed by atoms with van der Waals surface area (Å²) >= 11 is 1.09. The number of aromatic carboxylic acids is 1.